The van der Waals surface area contributed by atoms with E-state index in [1.54, 1.807) is 6.20 Å². The van der Waals surface area contributed by atoms with Crippen LogP contribution in [0.3, 0.4) is 0 Å². The number of aromatic amines is 1. The number of nitrogens with one attached hydrogen (secondary N) is 1. The number of carbonyl (C=O) groups is 1. The number of hydrogen-bond acceptors (Lipinski definition) is 3. The van der Waals surface area contributed by atoms with E-state index < -0.39 is 12.0 Å². The summed E-state index contributed by atoms with van der Waals surface area (Å²) < 4.78 is 0. The highest BCUT2D eigenvalue weighted by Crippen LogP contribution is 1.95. The lowest BCUT2D eigenvalue weighted by atomic mass is 10.2. The number of nitrogens with zero attached hydrogens (tertiary/aromatic N) is 1. The van der Waals surface area contributed by atoms with Gasteiger partial charge in [0.25, 0.3) is 0 Å². The van der Waals surface area contributed by atoms with Gasteiger partial charge in [0.1, 0.15) is 6.04 Å². The number of aliphatic carboxylic acids is 1. The molecule has 0 aliphatic heterocycles. The average molecular weight is 175 g/mol. The van der Waals surface area contributed by atoms with E-state index in [0.717, 1.165) is 5.69 Å². The number of carboxylic acid groups (broad SMARTS) is 1. The molecule has 6 heteroatoms. The van der Waals surface area contributed by atoms with Crippen molar-refractivity contribution in [2.24, 2.45) is 5.73 Å². The molecule has 0 aliphatic rings. The van der Waals surface area contributed by atoms with Crippen LogP contribution >= 0.6 is 0 Å². The summed E-state index contributed by atoms with van der Waals surface area (Å²) in [6.07, 6.45) is 3.34. The third-order valence-electron chi connectivity index (χ3n) is 1.31. The zero-order chi connectivity index (χ0) is 8.27. The number of rotatable bonds is 3. The normalized spacial score (nSPS) is 11.8. The fourth-order valence-electron chi connectivity index (χ4n) is 0.721. The van der Waals surface area contributed by atoms with E-state index in [-0.39, 0.29) is 11.1 Å². The second-order valence-electron chi connectivity index (χ2n) is 2.23. The van der Waals surface area contributed by atoms with Crippen LogP contribution in [-0.2, 0) is 11.2 Å². The maximum atomic E-state index is 10.3. The molecule has 12 heavy (non-hydrogen) atoms. The summed E-state index contributed by atoms with van der Waals surface area (Å²) in [5.74, 6) is -1.00. The van der Waals surface area contributed by atoms with Gasteiger partial charge < -0.3 is 15.8 Å². The Morgan fingerprint density at radius 1 is 1.83 bits per heavy atom. The average Bonchev–Trinajstić information content (AvgIpc) is 2.39. The van der Waals surface area contributed by atoms with Gasteiger partial charge in [0.15, 0.2) is 0 Å². The number of H-pyrrole nitrogens is 1. The van der Waals surface area contributed by atoms with Gasteiger partial charge in [-0.05, 0) is 0 Å². The first-order valence-electron chi connectivity index (χ1n) is 3.16. The lowest BCUT2D eigenvalue weighted by Crippen LogP contribution is -2.32. The van der Waals surface area contributed by atoms with Crippen LogP contribution < -0.4 is 5.73 Å². The molecule has 0 aromatic carbocycles. The summed E-state index contributed by atoms with van der Waals surface area (Å²) in [5.41, 5.74) is 6.00. The minimum atomic E-state index is -1.00. The first-order chi connectivity index (χ1) is 5.20. The second-order valence-corrected chi connectivity index (χ2v) is 2.23. The van der Waals surface area contributed by atoms with Crippen LogP contribution in [0.5, 0.6) is 0 Å². The number of halogens is 1. The van der Waals surface area contributed by atoms with Crippen LogP contribution in [0.25, 0.3) is 0 Å². The Morgan fingerprint density at radius 3 is 2.92 bits per heavy atom. The fraction of sp³-hybridized carbons (Fsp3) is 0.333. The number of carboxylic acids is 1. The van der Waals surface area contributed by atoms with Crippen molar-refractivity contribution in [2.45, 2.75) is 12.5 Å². The quantitative estimate of drug-likeness (QED) is 0.578. The smallest absolute Gasteiger partial charge is 0.320 e. The second kappa shape index (κ2) is 4.45. The lowest BCUT2D eigenvalue weighted by Gasteiger charge is -2.02. The number of hydrogen-bond donors (Lipinski definition) is 3. The van der Waals surface area contributed by atoms with Gasteiger partial charge in [-0.15, -0.1) is 0 Å². The van der Waals surface area contributed by atoms with Crippen molar-refractivity contribution in [3.05, 3.63) is 18.2 Å². The summed E-state index contributed by atoms with van der Waals surface area (Å²) in [6.45, 7) is 0. The molecule has 0 amide bonds. The van der Waals surface area contributed by atoms with Crippen LogP contribution in [0.15, 0.2) is 12.5 Å². The number of aromatic nitrogens is 2. The van der Waals surface area contributed by atoms with E-state index >= 15 is 0 Å². The Balaban J connectivity index is 0.00000121. The van der Waals surface area contributed by atoms with E-state index in [1.807, 2.05) is 0 Å². The highest BCUT2D eigenvalue weighted by atomic mass is 19.0. The van der Waals surface area contributed by atoms with Gasteiger partial charge >= 0.3 is 5.97 Å². The van der Waals surface area contributed by atoms with E-state index in [1.165, 1.54) is 6.33 Å². The highest BCUT2D eigenvalue weighted by Gasteiger charge is 2.11. The largest absolute Gasteiger partial charge is 0.480 e. The zero-order valence-corrected chi connectivity index (χ0v) is 6.23. The van der Waals surface area contributed by atoms with Gasteiger partial charge in [0.05, 0.1) is 6.33 Å². The Morgan fingerprint density at radius 2 is 2.50 bits per heavy atom. The molecule has 0 saturated heterocycles. The maximum absolute atomic E-state index is 10.3. The molecule has 0 saturated carbocycles. The zero-order valence-electron chi connectivity index (χ0n) is 6.23. The maximum Gasteiger partial charge on any atom is 0.320 e. The molecule has 68 valence electrons. The van der Waals surface area contributed by atoms with Gasteiger partial charge in [0, 0.05) is 18.3 Å². The van der Waals surface area contributed by atoms with Crippen molar-refractivity contribution >= 4 is 5.97 Å². The minimum Gasteiger partial charge on any atom is -0.480 e. The minimum absolute atomic E-state index is 0. The highest BCUT2D eigenvalue weighted by molar-refractivity contribution is 5.73. The summed E-state index contributed by atoms with van der Waals surface area (Å²) in [7, 11) is 0. The third-order valence-corrected chi connectivity index (χ3v) is 1.31. The van der Waals surface area contributed by atoms with Crippen molar-refractivity contribution in [3.63, 3.8) is 0 Å². The van der Waals surface area contributed by atoms with Crippen LogP contribution in [0, 0.1) is 0 Å². The van der Waals surface area contributed by atoms with Crippen molar-refractivity contribution < 1.29 is 14.6 Å². The first kappa shape index (κ1) is 10.6. The number of nitrogens with two attached hydrogens (primary N) is 1. The summed E-state index contributed by atoms with van der Waals surface area (Å²) in [4.78, 5) is 16.8. The summed E-state index contributed by atoms with van der Waals surface area (Å²) in [6, 6.07) is -0.851. The van der Waals surface area contributed by atoms with E-state index in [4.69, 9.17) is 10.8 Å². The van der Waals surface area contributed by atoms with Crippen LogP contribution in [0.2, 0.25) is 0 Å². The van der Waals surface area contributed by atoms with Gasteiger partial charge in [-0.2, -0.15) is 0 Å². The van der Waals surface area contributed by atoms with Crippen LogP contribution in [0.1, 0.15) is 5.69 Å². The molecule has 0 spiro atoms. The molecule has 0 aliphatic carbocycles. The summed E-state index contributed by atoms with van der Waals surface area (Å²) in [5, 5.41) is 8.42. The molecule has 1 atom stereocenters. The molecule has 0 radical (unpaired) electrons. The molecule has 0 fully saturated rings. The molecule has 5 nitrogen and oxygen atoms in total. The molecule has 0 unspecified atom stereocenters. The Labute approximate surface area is 68.0 Å². The van der Waals surface area contributed by atoms with E-state index in [2.05, 4.69) is 9.97 Å². The molecule has 4 N–H and O–H groups in total. The molecule has 0 bridgehead atoms. The van der Waals surface area contributed by atoms with E-state index in [0.29, 0.717) is 0 Å². The standard InChI is InChI=1S/C6H9N3O2.FH/c7-5(6(10)11)1-4-2-8-3-9-4;/h2-3,5H,1,7H2,(H,8,9)(H,10,11);1H/t5-;/m0./s1. The molecule has 1 aromatic heterocycles. The van der Waals surface area contributed by atoms with Gasteiger partial charge in [-0.25, -0.2) is 4.98 Å². The Kier molecular flexibility index (Phi) is 3.92. The molecule has 1 aromatic rings. The van der Waals surface area contributed by atoms with Crippen molar-refractivity contribution in [1.29, 1.82) is 0 Å². The fourth-order valence-corrected chi connectivity index (χ4v) is 0.721. The molecule has 1 heterocycles. The van der Waals surface area contributed by atoms with Crippen LogP contribution in [-0.4, -0.2) is 27.1 Å². The SMILES string of the molecule is F.N[C@@H](Cc1cnc[nH]1)C(=O)O. The first-order valence-corrected chi connectivity index (χ1v) is 3.16. The molecular weight excluding hydrogens is 165 g/mol. The van der Waals surface area contributed by atoms with E-state index in [9.17, 15) is 4.79 Å². The lowest BCUT2D eigenvalue weighted by molar-refractivity contribution is -0.138. The number of imidazole rings is 1. The monoisotopic (exact) mass is 175 g/mol. The van der Waals surface area contributed by atoms with Gasteiger partial charge in [0.2, 0.25) is 0 Å². The Hall–Kier alpha value is -1.43. The Bertz CT molecular complexity index is 237. The van der Waals surface area contributed by atoms with Crippen molar-refractivity contribution in [1.82, 2.24) is 9.97 Å². The van der Waals surface area contributed by atoms with Crippen LogP contribution in [0.4, 0.5) is 4.70 Å². The van der Waals surface area contributed by atoms with Crippen molar-refractivity contribution in [2.75, 3.05) is 0 Å². The predicted molar refractivity (Wildman–Crippen MR) is 40.4 cm³/mol. The summed E-state index contributed by atoms with van der Waals surface area (Å²) >= 11 is 0. The molecular formula is C6H10FN3O2. The van der Waals surface area contributed by atoms with Crippen molar-refractivity contribution in [3.8, 4) is 0 Å². The van der Waals surface area contributed by atoms with Gasteiger partial charge in [-0.3, -0.25) is 9.50 Å². The topological polar surface area (TPSA) is 92.0 Å². The predicted octanol–water partition coefficient (Wildman–Crippen LogP) is -0.483. The third kappa shape index (κ3) is 2.67. The molecule has 1 rings (SSSR count). The van der Waals surface area contributed by atoms with Gasteiger partial charge in [-0.1, -0.05) is 0 Å².